The van der Waals surface area contributed by atoms with Crippen molar-refractivity contribution in [2.45, 2.75) is 37.0 Å². The molecule has 1 saturated heterocycles. The van der Waals surface area contributed by atoms with Crippen molar-refractivity contribution >= 4 is 34.9 Å². The fourth-order valence-corrected chi connectivity index (χ4v) is 6.33. The van der Waals surface area contributed by atoms with Crippen LogP contribution in [0, 0.1) is 0 Å². The van der Waals surface area contributed by atoms with Crippen molar-refractivity contribution in [2.75, 3.05) is 33.2 Å². The van der Waals surface area contributed by atoms with Crippen LogP contribution in [0.15, 0.2) is 72.8 Å². The molecular weight excluding hydrogens is 503 g/mol. The molecule has 1 atom stereocenters. The molecule has 192 valence electrons. The molecule has 0 bridgehead atoms. The van der Waals surface area contributed by atoms with E-state index in [1.54, 1.807) is 4.90 Å². The first kappa shape index (κ1) is 26.0. The van der Waals surface area contributed by atoms with Gasteiger partial charge in [0.25, 0.3) is 5.91 Å². The minimum absolute atomic E-state index is 0.00436. The minimum atomic E-state index is -0.00436. The summed E-state index contributed by atoms with van der Waals surface area (Å²) < 4.78 is 0. The average Bonchev–Trinajstić information content (AvgIpc) is 3.20. The standard InChI is InChI=1S/C31H32Cl2N2O2/c1-34(30(37)22-7-3-2-4-8-22)21-24(23-11-12-27(32)28(33)19-23)13-16-35-17-14-31(15-18-35)20-29(36)25-9-5-6-10-26(25)31/h2-12,19,24H,13-18,20-21H2,1H3. The number of fused-ring (bicyclic) bond motifs is 2. The quantitative estimate of drug-likeness (QED) is 0.332. The summed E-state index contributed by atoms with van der Waals surface area (Å²) in [7, 11) is 1.86. The van der Waals surface area contributed by atoms with Crippen LogP contribution in [0.2, 0.25) is 10.0 Å². The lowest BCUT2D eigenvalue weighted by Gasteiger charge is -2.40. The molecule has 1 fully saturated rings. The number of carbonyl (C=O) groups is 2. The molecule has 6 heteroatoms. The number of ketones is 1. The van der Waals surface area contributed by atoms with E-state index in [0.717, 1.165) is 50.0 Å². The van der Waals surface area contributed by atoms with Crippen LogP contribution in [0.4, 0.5) is 0 Å². The highest BCUT2D eigenvalue weighted by Gasteiger charge is 2.44. The fourth-order valence-electron chi connectivity index (χ4n) is 6.02. The molecule has 5 rings (SSSR count). The number of likely N-dealkylation sites (tertiary alicyclic amines) is 1. The Balaban J connectivity index is 1.26. The first-order chi connectivity index (χ1) is 17.9. The van der Waals surface area contributed by atoms with E-state index in [2.05, 4.69) is 17.0 Å². The lowest BCUT2D eigenvalue weighted by Crippen LogP contribution is -2.42. The number of rotatable bonds is 7. The SMILES string of the molecule is CN(CC(CCN1CCC2(CC1)CC(=O)c1ccccc12)c1ccc(Cl)c(Cl)c1)C(=O)c1ccccc1. The maximum absolute atomic E-state index is 13.1. The molecule has 2 aliphatic rings. The maximum atomic E-state index is 13.1. The van der Waals surface area contributed by atoms with Crippen molar-refractivity contribution in [1.82, 2.24) is 9.80 Å². The number of carbonyl (C=O) groups excluding carboxylic acids is 2. The molecule has 3 aromatic carbocycles. The maximum Gasteiger partial charge on any atom is 0.253 e. The van der Waals surface area contributed by atoms with Gasteiger partial charge in [-0.05, 0) is 74.3 Å². The van der Waals surface area contributed by atoms with E-state index in [4.69, 9.17) is 23.2 Å². The van der Waals surface area contributed by atoms with Crippen LogP contribution in [0.5, 0.6) is 0 Å². The minimum Gasteiger partial charge on any atom is -0.341 e. The average molecular weight is 536 g/mol. The van der Waals surface area contributed by atoms with Gasteiger partial charge >= 0.3 is 0 Å². The van der Waals surface area contributed by atoms with Crippen molar-refractivity contribution in [3.05, 3.63) is 105 Å². The zero-order chi connectivity index (χ0) is 26.0. The Morgan fingerprint density at radius 2 is 1.68 bits per heavy atom. The van der Waals surface area contributed by atoms with Gasteiger partial charge in [-0.1, -0.05) is 71.7 Å². The highest BCUT2D eigenvalue weighted by Crippen LogP contribution is 2.46. The van der Waals surface area contributed by atoms with Crippen LogP contribution in [0.25, 0.3) is 0 Å². The first-order valence-corrected chi connectivity index (χ1v) is 13.7. The predicted octanol–water partition coefficient (Wildman–Crippen LogP) is 6.86. The Labute approximate surface area is 229 Å². The smallest absolute Gasteiger partial charge is 0.253 e. The molecule has 1 aliphatic carbocycles. The van der Waals surface area contributed by atoms with E-state index < -0.39 is 0 Å². The topological polar surface area (TPSA) is 40.6 Å². The summed E-state index contributed by atoms with van der Waals surface area (Å²) in [5.74, 6) is 0.419. The largest absolute Gasteiger partial charge is 0.341 e. The highest BCUT2D eigenvalue weighted by atomic mass is 35.5. The van der Waals surface area contributed by atoms with Crippen LogP contribution in [0.1, 0.15) is 63.4 Å². The Kier molecular flexibility index (Phi) is 7.71. The van der Waals surface area contributed by atoms with Gasteiger partial charge in [0.05, 0.1) is 10.0 Å². The van der Waals surface area contributed by atoms with E-state index in [9.17, 15) is 9.59 Å². The number of hydrogen-bond donors (Lipinski definition) is 0. The molecule has 3 aromatic rings. The predicted molar refractivity (Wildman–Crippen MR) is 150 cm³/mol. The summed E-state index contributed by atoms with van der Waals surface area (Å²) in [6.07, 6.45) is 3.53. The molecule has 37 heavy (non-hydrogen) atoms. The molecule has 0 radical (unpaired) electrons. The van der Waals surface area contributed by atoms with Crippen LogP contribution >= 0.6 is 23.2 Å². The zero-order valence-corrected chi connectivity index (χ0v) is 22.6. The molecule has 1 spiro atoms. The number of piperidine rings is 1. The van der Waals surface area contributed by atoms with Gasteiger partial charge in [0.2, 0.25) is 0 Å². The second-order valence-electron chi connectivity index (χ2n) is 10.5. The second-order valence-corrected chi connectivity index (χ2v) is 11.3. The van der Waals surface area contributed by atoms with Gasteiger partial charge in [-0.2, -0.15) is 0 Å². The summed E-state index contributed by atoms with van der Waals surface area (Å²) in [5.41, 5.74) is 3.93. The van der Waals surface area contributed by atoms with Crippen LogP contribution in [0.3, 0.4) is 0 Å². The Morgan fingerprint density at radius 3 is 2.41 bits per heavy atom. The van der Waals surface area contributed by atoms with Crippen molar-refractivity contribution in [1.29, 1.82) is 0 Å². The molecule has 0 N–H and O–H groups in total. The lowest BCUT2D eigenvalue weighted by molar-refractivity contribution is 0.0778. The van der Waals surface area contributed by atoms with Crippen molar-refractivity contribution < 1.29 is 9.59 Å². The molecule has 0 saturated carbocycles. The third-order valence-corrected chi connectivity index (χ3v) is 8.92. The van der Waals surface area contributed by atoms with Crippen molar-refractivity contribution in [2.24, 2.45) is 0 Å². The van der Waals surface area contributed by atoms with E-state index in [1.807, 2.05) is 67.7 Å². The molecule has 0 aromatic heterocycles. The summed E-state index contributed by atoms with van der Waals surface area (Å²) in [6, 6.07) is 23.3. The van der Waals surface area contributed by atoms with Crippen LogP contribution < -0.4 is 0 Å². The number of likely N-dealkylation sites (N-methyl/N-ethyl adjacent to an activating group) is 1. The first-order valence-electron chi connectivity index (χ1n) is 13.0. The number of Topliss-reactive ketones (excluding diaryl/α,β-unsaturated/α-hetero) is 1. The summed E-state index contributed by atoms with van der Waals surface area (Å²) in [5, 5.41) is 1.07. The molecule has 1 aliphatic heterocycles. The third-order valence-electron chi connectivity index (χ3n) is 8.18. The van der Waals surface area contributed by atoms with E-state index in [-0.39, 0.29) is 23.0 Å². The zero-order valence-electron chi connectivity index (χ0n) is 21.1. The van der Waals surface area contributed by atoms with Crippen LogP contribution in [-0.2, 0) is 5.41 Å². The Hall–Kier alpha value is -2.66. The van der Waals surface area contributed by atoms with Gasteiger partial charge in [-0.3, -0.25) is 9.59 Å². The monoisotopic (exact) mass is 534 g/mol. The number of halogens is 2. The summed E-state index contributed by atoms with van der Waals surface area (Å²) in [6.45, 7) is 3.44. The Morgan fingerprint density at radius 1 is 0.973 bits per heavy atom. The third kappa shape index (κ3) is 5.47. The van der Waals surface area contributed by atoms with Crippen molar-refractivity contribution in [3.8, 4) is 0 Å². The van der Waals surface area contributed by atoms with Gasteiger partial charge < -0.3 is 9.80 Å². The summed E-state index contributed by atoms with van der Waals surface area (Å²) >= 11 is 12.6. The number of nitrogens with zero attached hydrogens (tertiary/aromatic N) is 2. The van der Waals surface area contributed by atoms with E-state index >= 15 is 0 Å². The summed E-state index contributed by atoms with van der Waals surface area (Å²) in [4.78, 5) is 30.0. The molecule has 1 unspecified atom stereocenters. The van der Waals surface area contributed by atoms with E-state index in [0.29, 0.717) is 28.6 Å². The molecule has 1 amide bonds. The van der Waals surface area contributed by atoms with E-state index in [1.165, 1.54) is 5.56 Å². The fraction of sp³-hybridized carbons (Fsp3) is 0.355. The van der Waals surface area contributed by atoms with Gasteiger partial charge in [0.15, 0.2) is 5.78 Å². The van der Waals surface area contributed by atoms with Crippen LogP contribution in [-0.4, -0.2) is 54.7 Å². The number of benzene rings is 3. The highest BCUT2D eigenvalue weighted by molar-refractivity contribution is 6.42. The normalized spacial score (nSPS) is 17.5. The Bertz CT molecular complexity index is 1290. The number of hydrogen-bond acceptors (Lipinski definition) is 3. The molecule has 4 nitrogen and oxygen atoms in total. The van der Waals surface area contributed by atoms with Gasteiger partial charge in [0.1, 0.15) is 0 Å². The van der Waals surface area contributed by atoms with Gasteiger partial charge in [-0.15, -0.1) is 0 Å². The van der Waals surface area contributed by atoms with Crippen molar-refractivity contribution in [3.63, 3.8) is 0 Å². The van der Waals surface area contributed by atoms with Gasteiger partial charge in [0, 0.05) is 42.5 Å². The molecule has 1 heterocycles. The number of amides is 1. The lowest BCUT2D eigenvalue weighted by atomic mass is 9.73. The second kappa shape index (κ2) is 11.0. The van der Waals surface area contributed by atoms with Gasteiger partial charge in [-0.25, -0.2) is 0 Å². The molecular formula is C31H32Cl2N2O2.